The van der Waals surface area contributed by atoms with E-state index in [1.54, 1.807) is 7.11 Å². The highest BCUT2D eigenvalue weighted by atomic mass is 16.5. The molecule has 21 heavy (non-hydrogen) atoms. The summed E-state index contributed by atoms with van der Waals surface area (Å²) in [4.78, 5) is 0. The van der Waals surface area contributed by atoms with Crippen molar-refractivity contribution in [2.24, 2.45) is 5.73 Å². The van der Waals surface area contributed by atoms with Crippen LogP contribution in [0.25, 0.3) is 0 Å². The molecule has 3 N–H and O–H groups in total. The maximum atomic E-state index is 10.8. The zero-order valence-electron chi connectivity index (χ0n) is 12.8. The fraction of sp³-hybridized carbons (Fsp3) is 0.333. The van der Waals surface area contributed by atoms with Crippen LogP contribution in [-0.2, 0) is 0 Å². The number of hydrogen-bond acceptors (Lipinski definition) is 3. The Hall–Kier alpha value is -1.84. The van der Waals surface area contributed by atoms with Gasteiger partial charge in [0.05, 0.1) is 13.2 Å². The lowest BCUT2D eigenvalue weighted by molar-refractivity contribution is 0.145. The monoisotopic (exact) mass is 285 g/mol. The normalized spacial score (nSPS) is 13.8. The lowest BCUT2D eigenvalue weighted by Gasteiger charge is -2.25. The van der Waals surface area contributed by atoms with Gasteiger partial charge in [-0.05, 0) is 36.6 Å². The summed E-state index contributed by atoms with van der Waals surface area (Å²) in [6, 6.07) is 13.7. The van der Waals surface area contributed by atoms with Gasteiger partial charge in [0.15, 0.2) is 0 Å². The Balaban J connectivity index is 2.43. The molecule has 0 aliphatic carbocycles. The van der Waals surface area contributed by atoms with E-state index >= 15 is 0 Å². The number of aliphatic hydroxyl groups excluding tert-OH is 1. The molecule has 2 unspecified atom stereocenters. The van der Waals surface area contributed by atoms with Gasteiger partial charge < -0.3 is 15.6 Å². The van der Waals surface area contributed by atoms with E-state index in [0.717, 1.165) is 22.4 Å². The average molecular weight is 285 g/mol. The van der Waals surface area contributed by atoms with E-state index < -0.39 is 6.10 Å². The first-order valence-corrected chi connectivity index (χ1v) is 7.17. The van der Waals surface area contributed by atoms with Crippen LogP contribution in [0.4, 0.5) is 0 Å². The molecule has 0 bridgehead atoms. The summed E-state index contributed by atoms with van der Waals surface area (Å²) in [7, 11) is 1.64. The van der Waals surface area contributed by atoms with Crippen LogP contribution < -0.4 is 10.5 Å². The Morgan fingerprint density at radius 2 is 1.71 bits per heavy atom. The van der Waals surface area contributed by atoms with Gasteiger partial charge in [0.2, 0.25) is 0 Å². The molecule has 0 saturated heterocycles. The standard InChI is InChI=1S/C18H23NO2/c1-12-7-6-9-14(13(12)2)18(20)16(11-19)15-8-4-5-10-17(15)21-3/h4-10,16,18,20H,11,19H2,1-3H3. The molecule has 0 radical (unpaired) electrons. The Kier molecular flexibility index (Phi) is 4.99. The van der Waals surface area contributed by atoms with Gasteiger partial charge in [-0.3, -0.25) is 0 Å². The smallest absolute Gasteiger partial charge is 0.122 e. The minimum Gasteiger partial charge on any atom is -0.496 e. The summed E-state index contributed by atoms with van der Waals surface area (Å²) < 4.78 is 5.40. The van der Waals surface area contributed by atoms with Crippen LogP contribution in [0.3, 0.4) is 0 Å². The largest absolute Gasteiger partial charge is 0.496 e. The van der Waals surface area contributed by atoms with Gasteiger partial charge in [0.1, 0.15) is 5.75 Å². The Morgan fingerprint density at radius 1 is 1.05 bits per heavy atom. The maximum absolute atomic E-state index is 10.8. The molecule has 2 rings (SSSR count). The van der Waals surface area contributed by atoms with Crippen molar-refractivity contribution in [2.75, 3.05) is 13.7 Å². The second kappa shape index (κ2) is 6.74. The van der Waals surface area contributed by atoms with Crippen molar-refractivity contribution in [3.63, 3.8) is 0 Å². The highest BCUT2D eigenvalue weighted by Gasteiger charge is 2.25. The van der Waals surface area contributed by atoms with Crippen molar-refractivity contribution in [2.45, 2.75) is 25.9 Å². The Labute approximate surface area is 126 Å². The van der Waals surface area contributed by atoms with E-state index in [2.05, 4.69) is 0 Å². The summed E-state index contributed by atoms with van der Waals surface area (Å²) in [5, 5.41) is 10.8. The maximum Gasteiger partial charge on any atom is 0.122 e. The van der Waals surface area contributed by atoms with Crippen LogP contribution in [0.2, 0.25) is 0 Å². The molecule has 0 spiro atoms. The second-order valence-corrected chi connectivity index (χ2v) is 5.32. The third kappa shape index (κ3) is 3.09. The molecule has 112 valence electrons. The van der Waals surface area contributed by atoms with Crippen LogP contribution in [0.1, 0.15) is 34.3 Å². The zero-order valence-corrected chi connectivity index (χ0v) is 12.8. The third-order valence-electron chi connectivity index (χ3n) is 4.14. The minimum atomic E-state index is -0.647. The van der Waals surface area contributed by atoms with E-state index in [1.165, 1.54) is 5.56 Å². The number of methoxy groups -OCH3 is 1. The summed E-state index contributed by atoms with van der Waals surface area (Å²) in [5.74, 6) is 0.568. The molecular formula is C18H23NO2. The molecule has 0 aromatic heterocycles. The summed E-state index contributed by atoms with van der Waals surface area (Å²) >= 11 is 0. The van der Waals surface area contributed by atoms with Crippen molar-refractivity contribution in [1.29, 1.82) is 0 Å². The number of para-hydroxylation sites is 1. The first kappa shape index (κ1) is 15.5. The number of benzene rings is 2. The first-order valence-electron chi connectivity index (χ1n) is 7.17. The highest BCUT2D eigenvalue weighted by molar-refractivity contribution is 5.41. The number of aryl methyl sites for hydroxylation is 1. The number of hydrogen-bond donors (Lipinski definition) is 2. The lowest BCUT2D eigenvalue weighted by Crippen LogP contribution is -2.21. The van der Waals surface area contributed by atoms with E-state index in [0.29, 0.717) is 6.54 Å². The fourth-order valence-corrected chi connectivity index (χ4v) is 2.71. The predicted octanol–water partition coefficient (Wildman–Crippen LogP) is 3.09. The number of ether oxygens (including phenoxy) is 1. The summed E-state index contributed by atoms with van der Waals surface area (Å²) in [5.41, 5.74) is 10.1. The summed E-state index contributed by atoms with van der Waals surface area (Å²) in [6.45, 7) is 4.44. The summed E-state index contributed by atoms with van der Waals surface area (Å²) in [6.07, 6.45) is -0.647. The molecule has 2 aromatic carbocycles. The van der Waals surface area contributed by atoms with Crippen molar-refractivity contribution in [1.82, 2.24) is 0 Å². The van der Waals surface area contributed by atoms with E-state index in [4.69, 9.17) is 10.5 Å². The van der Waals surface area contributed by atoms with Crippen molar-refractivity contribution < 1.29 is 9.84 Å². The Morgan fingerprint density at radius 3 is 2.38 bits per heavy atom. The minimum absolute atomic E-state index is 0.193. The van der Waals surface area contributed by atoms with Crippen molar-refractivity contribution >= 4 is 0 Å². The molecule has 0 heterocycles. The molecule has 0 amide bonds. The number of nitrogens with two attached hydrogens (primary N) is 1. The molecule has 3 nitrogen and oxygen atoms in total. The van der Waals surface area contributed by atoms with Gasteiger partial charge in [-0.2, -0.15) is 0 Å². The molecule has 0 saturated carbocycles. The average Bonchev–Trinajstić information content (AvgIpc) is 2.51. The van der Waals surface area contributed by atoms with Gasteiger partial charge >= 0.3 is 0 Å². The van der Waals surface area contributed by atoms with Gasteiger partial charge in [-0.1, -0.05) is 36.4 Å². The molecule has 0 aliphatic heterocycles. The Bertz CT molecular complexity index is 610. The molecule has 2 aromatic rings. The van der Waals surface area contributed by atoms with Crippen molar-refractivity contribution in [3.8, 4) is 5.75 Å². The molecule has 2 atom stereocenters. The van der Waals surface area contributed by atoms with Gasteiger partial charge in [-0.15, -0.1) is 0 Å². The molecular weight excluding hydrogens is 262 g/mol. The van der Waals surface area contributed by atoms with Gasteiger partial charge in [0, 0.05) is 18.0 Å². The van der Waals surface area contributed by atoms with Gasteiger partial charge in [0.25, 0.3) is 0 Å². The van der Waals surface area contributed by atoms with Crippen LogP contribution >= 0.6 is 0 Å². The van der Waals surface area contributed by atoms with Gasteiger partial charge in [-0.25, -0.2) is 0 Å². The highest BCUT2D eigenvalue weighted by Crippen LogP contribution is 2.36. The van der Waals surface area contributed by atoms with E-state index in [1.807, 2.05) is 56.3 Å². The molecule has 0 fully saturated rings. The van der Waals surface area contributed by atoms with Crippen LogP contribution in [0, 0.1) is 13.8 Å². The van der Waals surface area contributed by atoms with Crippen LogP contribution in [0.15, 0.2) is 42.5 Å². The number of rotatable bonds is 5. The van der Waals surface area contributed by atoms with E-state index in [9.17, 15) is 5.11 Å². The molecule has 3 heteroatoms. The zero-order chi connectivity index (χ0) is 15.4. The lowest BCUT2D eigenvalue weighted by atomic mass is 9.86. The first-order chi connectivity index (χ1) is 10.1. The second-order valence-electron chi connectivity index (χ2n) is 5.32. The predicted molar refractivity (Wildman–Crippen MR) is 85.7 cm³/mol. The van der Waals surface area contributed by atoms with Crippen LogP contribution in [-0.4, -0.2) is 18.8 Å². The quantitative estimate of drug-likeness (QED) is 0.887. The van der Waals surface area contributed by atoms with Crippen LogP contribution in [0.5, 0.6) is 5.75 Å². The third-order valence-corrected chi connectivity index (χ3v) is 4.14. The fourth-order valence-electron chi connectivity index (χ4n) is 2.71. The topological polar surface area (TPSA) is 55.5 Å². The number of aliphatic hydroxyl groups is 1. The van der Waals surface area contributed by atoms with E-state index in [-0.39, 0.29) is 5.92 Å². The molecule has 0 aliphatic rings. The SMILES string of the molecule is COc1ccccc1C(CN)C(O)c1cccc(C)c1C. The van der Waals surface area contributed by atoms with Crippen molar-refractivity contribution in [3.05, 3.63) is 64.7 Å².